The van der Waals surface area contributed by atoms with Crippen molar-refractivity contribution in [2.45, 2.75) is 52.9 Å². The first-order valence-corrected chi connectivity index (χ1v) is 14.3. The molecule has 0 fully saturated rings. The van der Waals surface area contributed by atoms with E-state index in [1.807, 2.05) is 26.8 Å². The normalized spacial score (nSPS) is 12.4. The summed E-state index contributed by atoms with van der Waals surface area (Å²) < 4.78 is 17.8. The molecule has 0 aromatic heterocycles. The molecule has 0 aliphatic rings. The van der Waals surface area contributed by atoms with Crippen molar-refractivity contribution in [3.63, 3.8) is 0 Å². The molecule has 24 heavy (non-hydrogen) atoms. The first-order valence-electron chi connectivity index (χ1n) is 8.83. The van der Waals surface area contributed by atoms with E-state index in [0.29, 0.717) is 25.9 Å². The number of carbonyl (C=O) groups is 1. The molecule has 0 saturated heterocycles. The van der Waals surface area contributed by atoms with Crippen LogP contribution in [-0.4, -0.2) is 43.0 Å². The highest BCUT2D eigenvalue weighted by Crippen LogP contribution is 2.21. The average molecular weight is 369 g/mol. The summed E-state index contributed by atoms with van der Waals surface area (Å²) in [4.78, 5) is 11.7. The Morgan fingerprint density at radius 3 is 1.92 bits per heavy atom. The lowest BCUT2D eigenvalue weighted by Crippen LogP contribution is -2.46. The molecule has 0 bridgehead atoms. The molecule has 1 aromatic carbocycles. The molecule has 6 heteroatoms. The molecular weight excluding hydrogens is 336 g/mol. The zero-order valence-corrected chi connectivity index (χ0v) is 18.0. The van der Waals surface area contributed by atoms with Crippen LogP contribution in [0.1, 0.15) is 36.7 Å². The zero-order valence-electron chi connectivity index (χ0n) is 16.0. The van der Waals surface area contributed by atoms with Crippen molar-refractivity contribution in [3.05, 3.63) is 29.3 Å². The summed E-state index contributed by atoms with van der Waals surface area (Å²) in [5, 5.41) is 1.21. The van der Waals surface area contributed by atoms with Gasteiger partial charge in [-0.2, -0.15) is 0 Å². The van der Waals surface area contributed by atoms with Crippen molar-refractivity contribution >= 4 is 28.4 Å². The SMILES string of the molecule is CCO[Si](CCc1cccc([Si](C)(C)C)c1C=O)(OCC)OCC. The first-order chi connectivity index (χ1) is 11.3. The minimum absolute atomic E-state index is 0.571. The van der Waals surface area contributed by atoms with Crippen LogP contribution in [0.2, 0.25) is 25.7 Å². The molecule has 0 amide bonds. The van der Waals surface area contributed by atoms with E-state index >= 15 is 0 Å². The molecule has 0 heterocycles. The van der Waals surface area contributed by atoms with E-state index in [1.165, 1.54) is 5.19 Å². The number of aldehydes is 1. The van der Waals surface area contributed by atoms with E-state index in [9.17, 15) is 4.79 Å². The largest absolute Gasteiger partial charge is 0.501 e. The molecule has 0 spiro atoms. The smallest absolute Gasteiger partial charge is 0.374 e. The van der Waals surface area contributed by atoms with Gasteiger partial charge in [-0.05, 0) is 37.9 Å². The second kappa shape index (κ2) is 9.63. The highest BCUT2D eigenvalue weighted by atomic mass is 28.4. The zero-order chi connectivity index (χ0) is 18.2. The molecule has 0 N–H and O–H groups in total. The summed E-state index contributed by atoms with van der Waals surface area (Å²) in [5.41, 5.74) is 1.92. The number of aryl methyl sites for hydroxylation is 1. The van der Waals surface area contributed by atoms with Crippen LogP contribution in [0.4, 0.5) is 0 Å². The first kappa shape index (κ1) is 21.2. The van der Waals surface area contributed by atoms with Gasteiger partial charge < -0.3 is 13.3 Å². The van der Waals surface area contributed by atoms with Gasteiger partial charge in [0.25, 0.3) is 0 Å². The average Bonchev–Trinajstić information content (AvgIpc) is 2.52. The van der Waals surface area contributed by atoms with Crippen LogP contribution in [-0.2, 0) is 19.7 Å². The Kier molecular flexibility index (Phi) is 8.52. The van der Waals surface area contributed by atoms with E-state index in [4.69, 9.17) is 13.3 Å². The van der Waals surface area contributed by atoms with E-state index in [2.05, 4.69) is 31.8 Å². The van der Waals surface area contributed by atoms with Crippen LogP contribution in [0.3, 0.4) is 0 Å². The second-order valence-corrected chi connectivity index (χ2v) is 14.5. The highest BCUT2D eigenvalue weighted by molar-refractivity contribution is 6.89. The molecule has 0 atom stereocenters. The van der Waals surface area contributed by atoms with Crippen LogP contribution < -0.4 is 5.19 Å². The maximum atomic E-state index is 11.7. The number of rotatable bonds is 11. The van der Waals surface area contributed by atoms with Gasteiger partial charge in [0.1, 0.15) is 6.29 Å². The third kappa shape index (κ3) is 5.63. The lowest BCUT2D eigenvalue weighted by atomic mass is 10.1. The summed E-state index contributed by atoms with van der Waals surface area (Å²) in [6, 6.07) is 6.88. The fourth-order valence-corrected chi connectivity index (χ4v) is 7.11. The van der Waals surface area contributed by atoms with Crippen molar-refractivity contribution in [1.29, 1.82) is 0 Å². The van der Waals surface area contributed by atoms with Gasteiger partial charge in [-0.15, -0.1) is 0 Å². The molecule has 0 aliphatic heterocycles. The third-order valence-corrected chi connectivity index (χ3v) is 9.02. The summed E-state index contributed by atoms with van der Waals surface area (Å²) in [6.07, 6.45) is 1.74. The topological polar surface area (TPSA) is 44.8 Å². The number of carbonyl (C=O) groups excluding carboxylic acids is 1. The number of benzene rings is 1. The molecule has 0 aliphatic carbocycles. The fourth-order valence-electron chi connectivity index (χ4n) is 2.91. The maximum Gasteiger partial charge on any atom is 0.501 e. The number of hydrogen-bond acceptors (Lipinski definition) is 4. The van der Waals surface area contributed by atoms with Gasteiger partial charge in [0.05, 0.1) is 8.07 Å². The van der Waals surface area contributed by atoms with Crippen molar-refractivity contribution < 1.29 is 18.1 Å². The van der Waals surface area contributed by atoms with Gasteiger partial charge >= 0.3 is 8.80 Å². The van der Waals surface area contributed by atoms with Crippen LogP contribution in [0.15, 0.2) is 18.2 Å². The third-order valence-electron chi connectivity index (χ3n) is 3.92. The minimum atomic E-state index is -2.68. The van der Waals surface area contributed by atoms with Gasteiger partial charge in [-0.3, -0.25) is 4.79 Å². The Morgan fingerprint density at radius 2 is 1.50 bits per heavy atom. The van der Waals surface area contributed by atoms with E-state index in [0.717, 1.165) is 23.8 Å². The van der Waals surface area contributed by atoms with Crippen LogP contribution in [0.5, 0.6) is 0 Å². The predicted octanol–water partition coefficient (Wildman–Crippen LogP) is 3.64. The van der Waals surface area contributed by atoms with Crippen molar-refractivity contribution in [2.75, 3.05) is 19.8 Å². The lowest BCUT2D eigenvalue weighted by Gasteiger charge is -2.29. The molecular formula is C18H32O4Si2. The summed E-state index contributed by atoms with van der Waals surface area (Å²) in [5.74, 6) is 0. The molecule has 1 aromatic rings. The molecule has 1 rings (SSSR count). The Balaban J connectivity index is 3.08. The molecule has 4 nitrogen and oxygen atoms in total. The highest BCUT2D eigenvalue weighted by Gasteiger charge is 2.40. The molecule has 0 unspecified atom stereocenters. The Morgan fingerprint density at radius 1 is 0.958 bits per heavy atom. The lowest BCUT2D eigenvalue weighted by molar-refractivity contribution is 0.0713. The maximum absolute atomic E-state index is 11.7. The monoisotopic (exact) mass is 368 g/mol. The summed E-state index contributed by atoms with van der Waals surface area (Å²) in [7, 11) is -4.25. The molecule has 136 valence electrons. The summed E-state index contributed by atoms with van der Waals surface area (Å²) >= 11 is 0. The summed E-state index contributed by atoms with van der Waals surface area (Å²) in [6.45, 7) is 14.4. The van der Waals surface area contributed by atoms with Gasteiger partial charge in [-0.25, -0.2) is 0 Å². The van der Waals surface area contributed by atoms with Gasteiger partial charge in [0.15, 0.2) is 0 Å². The van der Waals surface area contributed by atoms with Gasteiger partial charge in [0.2, 0.25) is 0 Å². The van der Waals surface area contributed by atoms with Crippen LogP contribution in [0.25, 0.3) is 0 Å². The van der Waals surface area contributed by atoms with Crippen molar-refractivity contribution in [2.24, 2.45) is 0 Å². The Bertz CT molecular complexity index is 509. The van der Waals surface area contributed by atoms with E-state index in [1.54, 1.807) is 0 Å². The second-order valence-electron chi connectivity index (χ2n) is 6.73. The standard InChI is InChI=1S/C18H32O4Si2/c1-7-20-24(21-8-2,22-9-3)14-13-16-11-10-12-18(17(16)15-19)23(4,5)6/h10-12,15H,7-9,13-14H2,1-6H3. The Labute approximate surface area is 148 Å². The quantitative estimate of drug-likeness (QED) is 0.442. The van der Waals surface area contributed by atoms with E-state index in [-0.39, 0.29) is 0 Å². The van der Waals surface area contributed by atoms with Gasteiger partial charge in [0, 0.05) is 31.4 Å². The molecule has 0 radical (unpaired) electrons. The fraction of sp³-hybridized carbons (Fsp3) is 0.611. The molecule has 0 saturated carbocycles. The van der Waals surface area contributed by atoms with Crippen LogP contribution >= 0.6 is 0 Å². The van der Waals surface area contributed by atoms with Gasteiger partial charge in [-0.1, -0.05) is 37.8 Å². The Hall–Kier alpha value is -0.796. The predicted molar refractivity (Wildman–Crippen MR) is 104 cm³/mol. The van der Waals surface area contributed by atoms with Crippen molar-refractivity contribution in [1.82, 2.24) is 0 Å². The van der Waals surface area contributed by atoms with Crippen LogP contribution in [0, 0.1) is 0 Å². The van der Waals surface area contributed by atoms with Crippen molar-refractivity contribution in [3.8, 4) is 0 Å². The van der Waals surface area contributed by atoms with E-state index < -0.39 is 16.9 Å². The number of hydrogen-bond donors (Lipinski definition) is 0. The minimum Gasteiger partial charge on any atom is -0.374 e.